The van der Waals surface area contributed by atoms with E-state index in [4.69, 9.17) is 10.7 Å². The number of primary amides is 1. The van der Waals surface area contributed by atoms with Crippen molar-refractivity contribution < 1.29 is 14.7 Å². The van der Waals surface area contributed by atoms with Gasteiger partial charge >= 0.3 is 0 Å². The number of nitrogens with one attached hydrogen (secondary N) is 1. The summed E-state index contributed by atoms with van der Waals surface area (Å²) in [5.74, 6) is -1.05. The lowest BCUT2D eigenvalue weighted by molar-refractivity contribution is -0.114. The van der Waals surface area contributed by atoms with Gasteiger partial charge in [-0.1, -0.05) is 30.3 Å². The molecule has 2 amide bonds. The number of anilines is 1. The SMILES string of the molecule is CC(=O)Nc1ccc(C=Nn2c(-c3ccc(O)c(C(N)=O)c3)csc2=Nc2ccccc2)cc1. The molecule has 1 aromatic heterocycles. The van der Waals surface area contributed by atoms with Crippen molar-refractivity contribution in [3.63, 3.8) is 0 Å². The third-order valence-corrected chi connectivity index (χ3v) is 5.59. The summed E-state index contributed by atoms with van der Waals surface area (Å²) >= 11 is 1.39. The Morgan fingerprint density at radius 1 is 1.06 bits per heavy atom. The van der Waals surface area contributed by atoms with Crippen molar-refractivity contribution in [2.75, 3.05) is 5.32 Å². The number of thiazole rings is 1. The Hall–Kier alpha value is -4.50. The van der Waals surface area contributed by atoms with E-state index in [0.29, 0.717) is 21.7 Å². The molecule has 1 heterocycles. The molecule has 0 aliphatic heterocycles. The third-order valence-electron chi connectivity index (χ3n) is 4.78. The van der Waals surface area contributed by atoms with Crippen molar-refractivity contribution in [2.24, 2.45) is 15.8 Å². The van der Waals surface area contributed by atoms with Crippen LogP contribution in [-0.4, -0.2) is 27.8 Å². The molecule has 0 bridgehead atoms. The van der Waals surface area contributed by atoms with Gasteiger partial charge in [-0.25, -0.2) is 9.67 Å². The van der Waals surface area contributed by atoms with E-state index in [1.807, 2.05) is 47.8 Å². The molecule has 4 N–H and O–H groups in total. The van der Waals surface area contributed by atoms with Gasteiger partial charge in [-0.05, 0) is 48.0 Å². The van der Waals surface area contributed by atoms with E-state index in [-0.39, 0.29) is 17.2 Å². The van der Waals surface area contributed by atoms with Gasteiger partial charge in [0.15, 0.2) is 0 Å². The van der Waals surface area contributed by atoms with Crippen molar-refractivity contribution >= 4 is 40.7 Å². The molecule has 4 aromatic rings. The maximum Gasteiger partial charge on any atom is 0.252 e. The second kappa shape index (κ2) is 9.97. The van der Waals surface area contributed by atoms with Crippen LogP contribution in [-0.2, 0) is 4.79 Å². The lowest BCUT2D eigenvalue weighted by Gasteiger charge is -2.07. The fourth-order valence-electron chi connectivity index (χ4n) is 3.17. The first-order valence-electron chi connectivity index (χ1n) is 10.3. The van der Waals surface area contributed by atoms with Crippen LogP contribution in [0.4, 0.5) is 11.4 Å². The van der Waals surface area contributed by atoms with E-state index < -0.39 is 5.91 Å². The zero-order chi connectivity index (χ0) is 24.1. The molecule has 0 aliphatic rings. The van der Waals surface area contributed by atoms with Crippen LogP contribution in [0.1, 0.15) is 22.8 Å². The third kappa shape index (κ3) is 5.28. The van der Waals surface area contributed by atoms with Gasteiger partial charge in [0.2, 0.25) is 10.7 Å². The molecule has 4 rings (SSSR count). The minimum atomic E-state index is -0.724. The van der Waals surface area contributed by atoms with E-state index >= 15 is 0 Å². The molecular formula is C25H21N5O3S. The predicted molar refractivity (Wildman–Crippen MR) is 133 cm³/mol. The largest absolute Gasteiger partial charge is 0.507 e. The highest BCUT2D eigenvalue weighted by atomic mass is 32.1. The number of hydrogen-bond acceptors (Lipinski definition) is 6. The van der Waals surface area contributed by atoms with Crippen LogP contribution >= 0.6 is 11.3 Å². The standard InChI is InChI=1S/C25H21N5O3S/c1-16(31)28-20-10-7-17(8-11-20)14-27-30-22(18-9-12-23(32)21(13-18)24(26)33)15-34-25(30)29-19-5-3-2-4-6-19/h2-15,32H,1H3,(H2,26,33)(H,28,31). The van der Waals surface area contributed by atoms with Gasteiger partial charge in [-0.15, -0.1) is 11.3 Å². The number of nitrogens with two attached hydrogens (primary N) is 1. The van der Waals surface area contributed by atoms with Crippen LogP contribution in [0.2, 0.25) is 0 Å². The van der Waals surface area contributed by atoms with Gasteiger partial charge in [0, 0.05) is 23.6 Å². The Morgan fingerprint density at radius 3 is 2.47 bits per heavy atom. The van der Waals surface area contributed by atoms with Crippen molar-refractivity contribution in [1.29, 1.82) is 0 Å². The molecule has 0 fully saturated rings. The lowest BCUT2D eigenvalue weighted by atomic mass is 10.1. The minimum Gasteiger partial charge on any atom is -0.507 e. The molecule has 0 atom stereocenters. The second-order valence-corrected chi connectivity index (χ2v) is 8.14. The number of aromatic nitrogens is 1. The summed E-state index contributed by atoms with van der Waals surface area (Å²) in [6.07, 6.45) is 1.67. The summed E-state index contributed by atoms with van der Waals surface area (Å²) in [5.41, 5.74) is 9.02. The average Bonchev–Trinajstić information content (AvgIpc) is 3.21. The highest BCUT2D eigenvalue weighted by Gasteiger charge is 2.13. The van der Waals surface area contributed by atoms with Gasteiger partial charge in [0.1, 0.15) is 5.75 Å². The lowest BCUT2D eigenvalue weighted by Crippen LogP contribution is -2.13. The molecule has 8 nitrogen and oxygen atoms in total. The smallest absolute Gasteiger partial charge is 0.252 e. The molecule has 170 valence electrons. The zero-order valence-corrected chi connectivity index (χ0v) is 19.0. The molecule has 9 heteroatoms. The maximum atomic E-state index is 11.7. The van der Waals surface area contributed by atoms with Crippen molar-refractivity contribution in [2.45, 2.75) is 6.92 Å². The second-order valence-electron chi connectivity index (χ2n) is 7.31. The first-order valence-corrected chi connectivity index (χ1v) is 11.1. The molecule has 0 radical (unpaired) electrons. The Kier molecular flexibility index (Phi) is 6.65. The van der Waals surface area contributed by atoms with Crippen LogP contribution in [0.5, 0.6) is 5.75 Å². The number of amides is 2. The summed E-state index contributed by atoms with van der Waals surface area (Å²) < 4.78 is 1.66. The normalized spacial score (nSPS) is 11.6. The van der Waals surface area contributed by atoms with Gasteiger partial charge in [-0.2, -0.15) is 5.10 Å². The van der Waals surface area contributed by atoms with E-state index in [9.17, 15) is 14.7 Å². The van der Waals surface area contributed by atoms with Gasteiger partial charge in [0.25, 0.3) is 5.91 Å². The number of carbonyl (C=O) groups excluding carboxylic acids is 2. The summed E-state index contributed by atoms with van der Waals surface area (Å²) in [6, 6.07) is 21.4. The number of nitrogens with zero attached hydrogens (tertiary/aromatic N) is 3. The molecular weight excluding hydrogens is 450 g/mol. The summed E-state index contributed by atoms with van der Waals surface area (Å²) in [6.45, 7) is 1.45. The minimum absolute atomic E-state index is 0.0225. The average molecular weight is 472 g/mol. The van der Waals surface area contributed by atoms with E-state index in [1.54, 1.807) is 29.1 Å². The summed E-state index contributed by atoms with van der Waals surface area (Å²) in [7, 11) is 0. The molecule has 0 aliphatic carbocycles. The number of rotatable bonds is 6. The number of carbonyl (C=O) groups is 2. The summed E-state index contributed by atoms with van der Waals surface area (Å²) in [4.78, 5) is 28.3. The molecule has 0 unspecified atom stereocenters. The highest BCUT2D eigenvalue weighted by Crippen LogP contribution is 2.26. The van der Waals surface area contributed by atoms with Gasteiger partial charge in [-0.3, -0.25) is 9.59 Å². The number of aromatic hydroxyl groups is 1. The molecule has 0 saturated carbocycles. The quantitative estimate of drug-likeness (QED) is 0.367. The van der Waals surface area contributed by atoms with Crippen LogP contribution in [0.25, 0.3) is 11.3 Å². The van der Waals surface area contributed by atoms with Crippen LogP contribution in [0, 0.1) is 0 Å². The van der Waals surface area contributed by atoms with E-state index in [0.717, 1.165) is 11.3 Å². The number of phenols is 1. The monoisotopic (exact) mass is 471 g/mol. The van der Waals surface area contributed by atoms with Gasteiger partial charge < -0.3 is 16.2 Å². The number of benzene rings is 3. The molecule has 0 spiro atoms. The Morgan fingerprint density at radius 2 is 1.79 bits per heavy atom. The predicted octanol–water partition coefficient (Wildman–Crippen LogP) is 4.09. The fraction of sp³-hybridized carbons (Fsp3) is 0.0400. The first-order chi connectivity index (χ1) is 16.4. The molecule has 0 saturated heterocycles. The van der Waals surface area contributed by atoms with Crippen molar-refractivity contribution in [1.82, 2.24) is 4.68 Å². The maximum absolute atomic E-state index is 11.7. The highest BCUT2D eigenvalue weighted by molar-refractivity contribution is 7.07. The Balaban J connectivity index is 1.79. The van der Waals surface area contributed by atoms with Crippen LogP contribution < -0.4 is 15.9 Å². The van der Waals surface area contributed by atoms with Crippen molar-refractivity contribution in [3.8, 4) is 17.0 Å². The van der Waals surface area contributed by atoms with E-state index in [2.05, 4.69) is 10.4 Å². The molecule has 3 aromatic carbocycles. The topological polar surface area (TPSA) is 122 Å². The molecule has 34 heavy (non-hydrogen) atoms. The van der Waals surface area contributed by atoms with Crippen molar-refractivity contribution in [3.05, 3.63) is 94.1 Å². The van der Waals surface area contributed by atoms with E-state index in [1.165, 1.54) is 30.4 Å². The van der Waals surface area contributed by atoms with Crippen LogP contribution in [0.15, 0.2) is 88.3 Å². The Bertz CT molecular complexity index is 1440. The van der Waals surface area contributed by atoms with Crippen LogP contribution in [0.3, 0.4) is 0 Å². The fourth-order valence-corrected chi connectivity index (χ4v) is 4.03. The zero-order valence-electron chi connectivity index (χ0n) is 18.2. The first kappa shape index (κ1) is 22.7. The number of hydrogen-bond donors (Lipinski definition) is 3. The number of para-hydroxylation sites is 1. The van der Waals surface area contributed by atoms with Gasteiger partial charge in [0.05, 0.1) is 23.2 Å². The summed E-state index contributed by atoms with van der Waals surface area (Å²) in [5, 5.41) is 19.2. The Labute approximate surface area is 199 Å².